The van der Waals surface area contributed by atoms with Crippen molar-refractivity contribution in [3.8, 4) is 5.75 Å². The minimum atomic E-state index is -1.26. The van der Waals surface area contributed by atoms with E-state index >= 15 is 0 Å². The maximum absolute atomic E-state index is 12.6. The average Bonchev–Trinajstić information content (AvgIpc) is 2.90. The summed E-state index contributed by atoms with van der Waals surface area (Å²) in [5.74, 6) is -1.33. The fraction of sp³-hybridized carbons (Fsp3) is 0.350. The van der Waals surface area contributed by atoms with Gasteiger partial charge in [0.05, 0.1) is 7.11 Å². The first kappa shape index (κ1) is 18.7. The van der Waals surface area contributed by atoms with Gasteiger partial charge in [-0.15, -0.1) is 0 Å². The van der Waals surface area contributed by atoms with Crippen LogP contribution >= 0.6 is 0 Å². The molecule has 1 aliphatic carbocycles. The molecule has 0 bridgehead atoms. The van der Waals surface area contributed by atoms with E-state index in [1.54, 1.807) is 30.3 Å². The van der Waals surface area contributed by atoms with Crippen LogP contribution in [0.5, 0.6) is 5.75 Å². The number of carbonyl (C=O) groups excluding carboxylic acids is 1. The Labute approximate surface area is 156 Å². The van der Waals surface area contributed by atoms with Crippen LogP contribution < -0.4 is 15.6 Å². The van der Waals surface area contributed by atoms with Gasteiger partial charge in [-0.2, -0.15) is 0 Å². The van der Waals surface area contributed by atoms with E-state index in [9.17, 15) is 19.5 Å². The topological polar surface area (TPSA) is 108 Å². The fourth-order valence-electron chi connectivity index (χ4n) is 3.31. The predicted octanol–water partition coefficient (Wildman–Crippen LogP) is 2.21. The molecule has 1 heterocycles. The number of H-pyrrole nitrogens is 1. The summed E-state index contributed by atoms with van der Waals surface area (Å²) < 4.78 is 5.06. The number of aliphatic carboxylic acids is 1. The number of hydrogen-bond donors (Lipinski definition) is 3. The lowest BCUT2D eigenvalue weighted by atomic mass is 10.0. The number of carbonyl (C=O) groups is 2. The number of pyridine rings is 1. The Bertz CT molecular complexity index is 902. The van der Waals surface area contributed by atoms with Crippen molar-refractivity contribution in [2.24, 2.45) is 0 Å². The number of aromatic amines is 1. The summed E-state index contributed by atoms with van der Waals surface area (Å²) >= 11 is 0. The average molecular weight is 370 g/mol. The standard InChI is InChI=1S/C20H22N2O5/c1-27-14-9-7-12(8-10-14)17(20(25)26)22-19(24)15-11-13-5-3-2-4-6-16(13)21-18(15)23/h7-11,17H,2-6H2,1H3,(H,21,23)(H,22,24)(H,25,26). The Morgan fingerprint density at radius 1 is 1.15 bits per heavy atom. The third kappa shape index (κ3) is 4.19. The van der Waals surface area contributed by atoms with Gasteiger partial charge >= 0.3 is 5.97 Å². The van der Waals surface area contributed by atoms with Crippen molar-refractivity contribution in [2.45, 2.75) is 38.1 Å². The van der Waals surface area contributed by atoms with Gasteiger partial charge in [-0.25, -0.2) is 4.79 Å². The summed E-state index contributed by atoms with van der Waals surface area (Å²) in [6.45, 7) is 0. The number of carboxylic acid groups (broad SMARTS) is 1. The molecule has 1 aromatic carbocycles. The largest absolute Gasteiger partial charge is 0.497 e. The van der Waals surface area contributed by atoms with Gasteiger partial charge in [-0.1, -0.05) is 18.6 Å². The maximum atomic E-state index is 12.6. The molecule has 27 heavy (non-hydrogen) atoms. The minimum absolute atomic E-state index is 0.0598. The number of aromatic nitrogens is 1. The second-order valence-electron chi connectivity index (χ2n) is 6.59. The van der Waals surface area contributed by atoms with Gasteiger partial charge in [0.25, 0.3) is 11.5 Å². The Kier molecular flexibility index (Phi) is 5.59. The predicted molar refractivity (Wildman–Crippen MR) is 99.2 cm³/mol. The van der Waals surface area contributed by atoms with Gasteiger partial charge in [0.15, 0.2) is 6.04 Å². The molecule has 0 saturated carbocycles. The monoisotopic (exact) mass is 370 g/mol. The highest BCUT2D eigenvalue weighted by atomic mass is 16.5. The van der Waals surface area contributed by atoms with Crippen LogP contribution in [0.2, 0.25) is 0 Å². The first-order chi connectivity index (χ1) is 13.0. The van der Waals surface area contributed by atoms with Crippen molar-refractivity contribution in [1.29, 1.82) is 0 Å². The van der Waals surface area contributed by atoms with Gasteiger partial charge < -0.3 is 20.1 Å². The molecule has 0 spiro atoms. The number of amides is 1. The van der Waals surface area contributed by atoms with E-state index in [0.717, 1.165) is 43.4 Å². The zero-order valence-corrected chi connectivity index (χ0v) is 15.1. The van der Waals surface area contributed by atoms with Crippen LogP contribution in [-0.4, -0.2) is 29.1 Å². The number of nitrogens with one attached hydrogen (secondary N) is 2. The van der Waals surface area contributed by atoms with E-state index in [2.05, 4.69) is 10.3 Å². The van der Waals surface area contributed by atoms with Gasteiger partial charge in [-0.05, 0) is 55.0 Å². The number of benzene rings is 1. The normalized spacial score (nSPS) is 14.6. The molecule has 1 atom stereocenters. The van der Waals surface area contributed by atoms with Gasteiger partial charge in [-0.3, -0.25) is 9.59 Å². The first-order valence-electron chi connectivity index (χ1n) is 8.92. The molecule has 7 nitrogen and oxygen atoms in total. The number of carboxylic acids is 1. The van der Waals surface area contributed by atoms with Crippen molar-refractivity contribution in [2.75, 3.05) is 7.11 Å². The van der Waals surface area contributed by atoms with Crippen LogP contribution in [0.25, 0.3) is 0 Å². The third-order valence-corrected chi connectivity index (χ3v) is 4.80. The Balaban J connectivity index is 1.86. The van der Waals surface area contributed by atoms with Gasteiger partial charge in [0.1, 0.15) is 11.3 Å². The molecule has 0 fully saturated rings. The van der Waals surface area contributed by atoms with Crippen LogP contribution in [0.3, 0.4) is 0 Å². The molecule has 0 aliphatic heterocycles. The van der Waals surface area contributed by atoms with Crippen LogP contribution in [0.4, 0.5) is 0 Å². The molecule has 1 aromatic heterocycles. The second kappa shape index (κ2) is 8.07. The molecule has 1 unspecified atom stereocenters. The van der Waals surface area contributed by atoms with Crippen LogP contribution in [0, 0.1) is 0 Å². The molecular formula is C20H22N2O5. The number of fused-ring (bicyclic) bond motifs is 1. The highest BCUT2D eigenvalue weighted by Gasteiger charge is 2.25. The maximum Gasteiger partial charge on any atom is 0.330 e. The van der Waals surface area contributed by atoms with Crippen molar-refractivity contribution in [1.82, 2.24) is 10.3 Å². The molecule has 142 valence electrons. The number of rotatable bonds is 5. The number of methoxy groups -OCH3 is 1. The molecule has 1 aliphatic rings. The highest BCUT2D eigenvalue weighted by Crippen LogP contribution is 2.20. The van der Waals surface area contributed by atoms with Crippen LogP contribution in [0.15, 0.2) is 35.1 Å². The van der Waals surface area contributed by atoms with Crippen LogP contribution in [-0.2, 0) is 17.6 Å². The fourth-order valence-corrected chi connectivity index (χ4v) is 3.31. The summed E-state index contributed by atoms with van der Waals surface area (Å²) in [5.41, 5.74) is 1.66. The van der Waals surface area contributed by atoms with Crippen LogP contribution in [0.1, 0.15) is 52.5 Å². The van der Waals surface area contributed by atoms with E-state index in [-0.39, 0.29) is 5.56 Å². The second-order valence-corrected chi connectivity index (χ2v) is 6.59. The summed E-state index contributed by atoms with van der Waals surface area (Å²) in [6.07, 6.45) is 4.68. The lowest BCUT2D eigenvalue weighted by Crippen LogP contribution is -2.37. The van der Waals surface area contributed by atoms with E-state index in [1.807, 2.05) is 0 Å². The molecule has 3 rings (SSSR count). The molecular weight excluding hydrogens is 348 g/mol. The van der Waals surface area contributed by atoms with Crippen molar-refractivity contribution in [3.05, 3.63) is 63.1 Å². The number of ether oxygens (including phenoxy) is 1. The summed E-state index contributed by atoms with van der Waals surface area (Å²) in [6, 6.07) is 6.71. The lowest BCUT2D eigenvalue weighted by molar-refractivity contribution is -0.139. The van der Waals surface area contributed by atoms with E-state index < -0.39 is 23.5 Å². The molecule has 3 N–H and O–H groups in total. The summed E-state index contributed by atoms with van der Waals surface area (Å²) in [7, 11) is 1.51. The van der Waals surface area contributed by atoms with E-state index in [4.69, 9.17) is 4.74 Å². The minimum Gasteiger partial charge on any atom is -0.497 e. The van der Waals surface area contributed by atoms with Crippen molar-refractivity contribution < 1.29 is 19.4 Å². The Morgan fingerprint density at radius 2 is 1.85 bits per heavy atom. The Morgan fingerprint density at radius 3 is 2.52 bits per heavy atom. The quantitative estimate of drug-likeness (QED) is 0.699. The highest BCUT2D eigenvalue weighted by molar-refractivity contribution is 5.96. The van der Waals surface area contributed by atoms with Crippen molar-refractivity contribution in [3.63, 3.8) is 0 Å². The van der Waals surface area contributed by atoms with Crippen molar-refractivity contribution >= 4 is 11.9 Å². The lowest BCUT2D eigenvalue weighted by Gasteiger charge is -2.16. The van der Waals surface area contributed by atoms with Gasteiger partial charge in [0, 0.05) is 5.69 Å². The first-order valence-corrected chi connectivity index (χ1v) is 8.92. The zero-order chi connectivity index (χ0) is 19.4. The van der Waals surface area contributed by atoms with Gasteiger partial charge in [0.2, 0.25) is 0 Å². The SMILES string of the molecule is COc1ccc(C(NC(=O)c2cc3c([nH]c2=O)CCCCC3)C(=O)O)cc1. The summed E-state index contributed by atoms with van der Waals surface area (Å²) in [5, 5.41) is 12.0. The zero-order valence-electron chi connectivity index (χ0n) is 15.1. The molecule has 7 heteroatoms. The third-order valence-electron chi connectivity index (χ3n) is 4.80. The number of aryl methyl sites for hydroxylation is 2. The summed E-state index contributed by atoms with van der Waals surface area (Å²) in [4.78, 5) is 39.4. The van der Waals surface area contributed by atoms with E-state index in [1.165, 1.54) is 7.11 Å². The molecule has 0 saturated heterocycles. The van der Waals surface area contributed by atoms with E-state index in [0.29, 0.717) is 11.3 Å². The molecule has 0 radical (unpaired) electrons. The molecule has 2 aromatic rings. The molecule has 1 amide bonds. The smallest absolute Gasteiger partial charge is 0.330 e. The number of hydrogen-bond acceptors (Lipinski definition) is 4. The Hall–Kier alpha value is -3.09.